The van der Waals surface area contributed by atoms with E-state index >= 15 is 0 Å². The van der Waals surface area contributed by atoms with Crippen molar-refractivity contribution in [3.05, 3.63) is 24.8 Å². The van der Waals surface area contributed by atoms with Crippen LogP contribution < -0.4 is 5.32 Å². The lowest BCUT2D eigenvalue weighted by Crippen LogP contribution is -2.44. The highest BCUT2D eigenvalue weighted by Gasteiger charge is 2.31. The Morgan fingerprint density at radius 2 is 1.92 bits per heavy atom. The van der Waals surface area contributed by atoms with Crippen molar-refractivity contribution in [3.63, 3.8) is 0 Å². The Kier molecular flexibility index (Phi) is 11.1. The van der Waals surface area contributed by atoms with Crippen molar-refractivity contribution in [2.24, 2.45) is 11.8 Å². The van der Waals surface area contributed by atoms with Crippen LogP contribution in [-0.2, 0) is 24.4 Å². The minimum absolute atomic E-state index is 0.0491. The number of carbonyl (C=O) groups is 2. The second kappa shape index (κ2) is 11.9. The van der Waals surface area contributed by atoms with Gasteiger partial charge in [-0.15, -0.1) is 0 Å². The number of unbranched alkanes of at least 4 members (excludes halogenated alkanes) is 1. The third-order valence-corrected chi connectivity index (χ3v) is 5.38. The third-order valence-electron chi connectivity index (χ3n) is 4.16. The molecule has 0 saturated heterocycles. The van der Waals surface area contributed by atoms with Crippen molar-refractivity contribution in [2.75, 3.05) is 6.61 Å². The van der Waals surface area contributed by atoms with Crippen LogP contribution in [0.15, 0.2) is 24.8 Å². The average molecular weight is 390 g/mol. The molecular weight excluding hydrogens is 358 g/mol. The second-order valence-corrected chi connectivity index (χ2v) is 7.99. The first-order chi connectivity index (χ1) is 12.1. The molecule has 7 nitrogen and oxygen atoms in total. The second-order valence-electron chi connectivity index (χ2n) is 6.45. The van der Waals surface area contributed by atoms with Gasteiger partial charge in [0.25, 0.3) is 10.1 Å². The number of esters is 1. The van der Waals surface area contributed by atoms with Crippen LogP contribution in [-0.4, -0.2) is 36.8 Å². The molecule has 0 fully saturated rings. The molecule has 0 aromatic rings. The number of hydrogen-bond donors (Lipinski definition) is 2. The van der Waals surface area contributed by atoms with E-state index in [4.69, 9.17) is 4.74 Å². The van der Waals surface area contributed by atoms with Crippen LogP contribution in [0.3, 0.4) is 0 Å². The van der Waals surface area contributed by atoms with E-state index in [2.05, 4.69) is 25.4 Å². The maximum absolute atomic E-state index is 12.1. The monoisotopic (exact) mass is 389 g/mol. The summed E-state index contributed by atoms with van der Waals surface area (Å²) in [7, 11) is -4.55. The summed E-state index contributed by atoms with van der Waals surface area (Å²) in [5, 5.41) is 0.581. The summed E-state index contributed by atoms with van der Waals surface area (Å²) in [4.78, 5) is 23.5. The smallest absolute Gasteiger partial charge is 0.333 e. The van der Waals surface area contributed by atoms with Gasteiger partial charge >= 0.3 is 5.97 Å². The van der Waals surface area contributed by atoms with Crippen LogP contribution in [0.2, 0.25) is 0 Å². The van der Waals surface area contributed by atoms with Gasteiger partial charge in [0.15, 0.2) is 5.37 Å². The highest BCUT2D eigenvalue weighted by atomic mass is 32.2. The van der Waals surface area contributed by atoms with Crippen molar-refractivity contribution in [1.29, 1.82) is 0 Å². The van der Waals surface area contributed by atoms with E-state index in [0.717, 1.165) is 31.8 Å². The fourth-order valence-electron chi connectivity index (χ4n) is 2.48. The summed E-state index contributed by atoms with van der Waals surface area (Å²) in [6.07, 6.45) is 4.85. The summed E-state index contributed by atoms with van der Waals surface area (Å²) < 4.78 is 37.6. The number of ether oxygens (including phenoxy) is 1. The van der Waals surface area contributed by atoms with E-state index in [1.165, 1.54) is 6.92 Å². The standard InChI is InChI=1S/C18H31NO6S/c1-6-9-10-15(7-2)12-25-18(21)14(5)11-13(4)17(26(22,23)24)19-16(20)8-3/h8,13,15,17H,3,5-7,9-12H2,1-2,4H3,(H,19,20)(H,22,23,24). The number of hydrogen-bond acceptors (Lipinski definition) is 5. The molecule has 0 radical (unpaired) electrons. The van der Waals surface area contributed by atoms with Gasteiger partial charge in [-0.3, -0.25) is 9.35 Å². The maximum atomic E-state index is 12.1. The van der Waals surface area contributed by atoms with Gasteiger partial charge in [0.1, 0.15) is 0 Å². The first-order valence-corrected chi connectivity index (χ1v) is 10.3. The molecule has 0 aliphatic rings. The van der Waals surface area contributed by atoms with Crippen molar-refractivity contribution in [1.82, 2.24) is 5.32 Å². The zero-order valence-corrected chi connectivity index (χ0v) is 16.7. The van der Waals surface area contributed by atoms with Crippen molar-refractivity contribution >= 4 is 22.0 Å². The van der Waals surface area contributed by atoms with E-state index in [1.807, 2.05) is 6.92 Å². The molecule has 0 spiro atoms. The molecule has 0 aliphatic carbocycles. The largest absolute Gasteiger partial charge is 0.462 e. The van der Waals surface area contributed by atoms with Crippen LogP contribution in [0.25, 0.3) is 0 Å². The molecule has 3 atom stereocenters. The van der Waals surface area contributed by atoms with Gasteiger partial charge in [-0.25, -0.2) is 4.79 Å². The van der Waals surface area contributed by atoms with Crippen LogP contribution in [0.1, 0.15) is 52.9 Å². The lowest BCUT2D eigenvalue weighted by molar-refractivity contribution is -0.140. The summed E-state index contributed by atoms with van der Waals surface area (Å²) >= 11 is 0. The summed E-state index contributed by atoms with van der Waals surface area (Å²) in [6.45, 7) is 12.8. The maximum Gasteiger partial charge on any atom is 0.333 e. The molecule has 2 N–H and O–H groups in total. The molecule has 0 bridgehead atoms. The number of amides is 1. The highest BCUT2D eigenvalue weighted by molar-refractivity contribution is 7.86. The predicted molar refractivity (Wildman–Crippen MR) is 101 cm³/mol. The molecule has 0 aromatic heterocycles. The number of rotatable bonds is 13. The Hall–Kier alpha value is -1.67. The Balaban J connectivity index is 4.76. The highest BCUT2D eigenvalue weighted by Crippen LogP contribution is 2.20. The van der Waals surface area contributed by atoms with Crippen molar-refractivity contribution in [3.8, 4) is 0 Å². The Morgan fingerprint density at radius 1 is 1.31 bits per heavy atom. The fourth-order valence-corrected chi connectivity index (χ4v) is 3.43. The molecule has 3 unspecified atom stereocenters. The molecule has 0 aliphatic heterocycles. The van der Waals surface area contributed by atoms with E-state index in [0.29, 0.717) is 0 Å². The molecule has 8 heteroatoms. The summed E-state index contributed by atoms with van der Waals surface area (Å²) in [5.41, 5.74) is 0.0874. The Morgan fingerprint density at radius 3 is 2.38 bits per heavy atom. The van der Waals surface area contributed by atoms with Gasteiger partial charge in [-0.05, 0) is 30.8 Å². The SMILES string of the molecule is C=CC(=O)NC(C(C)CC(=C)C(=O)OCC(CC)CCCC)S(=O)(=O)O. The van der Waals surface area contributed by atoms with Crippen LogP contribution in [0.4, 0.5) is 0 Å². The average Bonchev–Trinajstić information content (AvgIpc) is 2.57. The van der Waals surface area contributed by atoms with Gasteiger partial charge in [0, 0.05) is 5.57 Å². The number of nitrogens with one attached hydrogen (secondary N) is 1. The first-order valence-electron chi connectivity index (χ1n) is 8.80. The lowest BCUT2D eigenvalue weighted by atomic mass is 10.00. The molecular formula is C18H31NO6S. The number of carbonyl (C=O) groups excluding carboxylic acids is 2. The van der Waals surface area contributed by atoms with E-state index in [9.17, 15) is 22.6 Å². The molecule has 0 rings (SSSR count). The molecule has 0 heterocycles. The molecule has 150 valence electrons. The Bertz CT molecular complexity index is 599. The Labute approximate surface area is 156 Å². The van der Waals surface area contributed by atoms with Gasteiger partial charge in [-0.1, -0.05) is 53.2 Å². The first kappa shape index (κ1) is 24.3. The van der Waals surface area contributed by atoms with Gasteiger partial charge < -0.3 is 10.1 Å². The van der Waals surface area contributed by atoms with Crippen LogP contribution in [0.5, 0.6) is 0 Å². The molecule has 0 aromatic carbocycles. The van der Waals surface area contributed by atoms with E-state index in [1.54, 1.807) is 0 Å². The van der Waals surface area contributed by atoms with Gasteiger partial charge in [-0.2, -0.15) is 8.42 Å². The van der Waals surface area contributed by atoms with Gasteiger partial charge in [0.05, 0.1) is 6.61 Å². The van der Waals surface area contributed by atoms with Gasteiger partial charge in [0.2, 0.25) is 5.91 Å². The van der Waals surface area contributed by atoms with E-state index in [-0.39, 0.29) is 24.5 Å². The van der Waals surface area contributed by atoms with Crippen LogP contribution in [0, 0.1) is 11.8 Å². The quantitative estimate of drug-likeness (QED) is 0.285. The fraction of sp³-hybridized carbons (Fsp3) is 0.667. The molecule has 0 saturated carbocycles. The topological polar surface area (TPSA) is 110 Å². The lowest BCUT2D eigenvalue weighted by Gasteiger charge is -2.22. The molecule has 1 amide bonds. The van der Waals surface area contributed by atoms with Crippen molar-refractivity contribution < 1.29 is 27.3 Å². The van der Waals surface area contributed by atoms with Crippen molar-refractivity contribution in [2.45, 2.75) is 58.2 Å². The van der Waals surface area contributed by atoms with E-state index < -0.39 is 33.3 Å². The molecule has 26 heavy (non-hydrogen) atoms. The minimum Gasteiger partial charge on any atom is -0.462 e. The zero-order chi connectivity index (χ0) is 20.3. The summed E-state index contributed by atoms with van der Waals surface area (Å²) in [6, 6.07) is 0. The normalized spacial score (nSPS) is 14.8. The predicted octanol–water partition coefficient (Wildman–Crippen LogP) is 2.84. The zero-order valence-electron chi connectivity index (χ0n) is 15.9. The summed E-state index contributed by atoms with van der Waals surface area (Å²) in [5.74, 6) is -1.84. The van der Waals surface area contributed by atoms with Crippen LogP contribution >= 0.6 is 0 Å². The minimum atomic E-state index is -4.55. The third kappa shape index (κ3) is 9.15.